The zero-order valence-corrected chi connectivity index (χ0v) is 14.0. The van der Waals surface area contributed by atoms with E-state index in [0.29, 0.717) is 12.0 Å². The van der Waals surface area contributed by atoms with E-state index in [1.807, 2.05) is 24.3 Å². The van der Waals surface area contributed by atoms with E-state index in [2.05, 4.69) is 24.2 Å². The van der Waals surface area contributed by atoms with E-state index in [4.69, 9.17) is 9.47 Å². The Hall–Kier alpha value is -0.970. The van der Waals surface area contributed by atoms with Crippen molar-refractivity contribution >= 4 is 12.4 Å². The van der Waals surface area contributed by atoms with Crippen molar-refractivity contribution in [3.8, 4) is 11.5 Å². The van der Waals surface area contributed by atoms with E-state index in [-0.39, 0.29) is 12.4 Å². The first-order valence-electron chi connectivity index (χ1n) is 7.27. The molecule has 0 aliphatic carbocycles. The van der Waals surface area contributed by atoms with Crippen molar-refractivity contribution in [1.29, 1.82) is 0 Å². The Bertz CT molecular complexity index is 405. The minimum absolute atomic E-state index is 0. The van der Waals surface area contributed by atoms with Gasteiger partial charge in [-0.3, -0.25) is 0 Å². The number of nitrogens with zero attached hydrogens (tertiary/aromatic N) is 1. The molecule has 0 bridgehead atoms. The molecule has 0 radical (unpaired) electrons. The Morgan fingerprint density at radius 3 is 2.48 bits per heavy atom. The summed E-state index contributed by atoms with van der Waals surface area (Å²) >= 11 is 0. The van der Waals surface area contributed by atoms with Crippen LogP contribution in [0.4, 0.5) is 0 Å². The second kappa shape index (κ2) is 8.47. The Balaban J connectivity index is 0.00000220. The highest BCUT2D eigenvalue weighted by Gasteiger charge is 2.29. The smallest absolute Gasteiger partial charge is 0.119 e. The molecule has 1 aromatic rings. The first kappa shape index (κ1) is 18.1. The van der Waals surface area contributed by atoms with Gasteiger partial charge >= 0.3 is 0 Å². The minimum atomic E-state index is 0. The summed E-state index contributed by atoms with van der Waals surface area (Å²) in [4.78, 5) is 2.36. The summed E-state index contributed by atoms with van der Waals surface area (Å²) in [6.45, 7) is 7.40. The van der Waals surface area contributed by atoms with Gasteiger partial charge in [0.1, 0.15) is 18.1 Å². The van der Waals surface area contributed by atoms with Gasteiger partial charge in [0, 0.05) is 19.6 Å². The van der Waals surface area contributed by atoms with Gasteiger partial charge in [0.25, 0.3) is 0 Å². The topological polar surface area (TPSA) is 33.7 Å². The lowest BCUT2D eigenvalue weighted by Gasteiger charge is -2.29. The van der Waals surface area contributed by atoms with Crippen molar-refractivity contribution in [2.75, 3.05) is 46.9 Å². The number of rotatable bonds is 7. The van der Waals surface area contributed by atoms with Crippen LogP contribution in [0.1, 0.15) is 13.3 Å². The summed E-state index contributed by atoms with van der Waals surface area (Å²) < 4.78 is 10.9. The minimum Gasteiger partial charge on any atom is -0.497 e. The van der Waals surface area contributed by atoms with E-state index < -0.39 is 0 Å². The normalized spacial score (nSPS) is 21.1. The molecule has 1 saturated heterocycles. The predicted octanol–water partition coefficient (Wildman–Crippen LogP) is 2.43. The molecule has 0 amide bonds. The first-order valence-corrected chi connectivity index (χ1v) is 7.27. The van der Waals surface area contributed by atoms with Crippen LogP contribution >= 0.6 is 12.4 Å². The largest absolute Gasteiger partial charge is 0.497 e. The molecule has 0 aromatic heterocycles. The Morgan fingerprint density at radius 1 is 1.24 bits per heavy atom. The molecule has 5 heteroatoms. The molecule has 4 nitrogen and oxygen atoms in total. The molecule has 1 unspecified atom stereocenters. The van der Waals surface area contributed by atoms with Gasteiger partial charge in [-0.2, -0.15) is 0 Å². The number of methoxy groups -OCH3 is 1. The molecule has 0 spiro atoms. The fourth-order valence-electron chi connectivity index (χ4n) is 2.73. The van der Waals surface area contributed by atoms with E-state index in [9.17, 15) is 0 Å². The van der Waals surface area contributed by atoms with Crippen LogP contribution in [0.3, 0.4) is 0 Å². The summed E-state index contributed by atoms with van der Waals surface area (Å²) in [6.07, 6.45) is 1.26. The van der Waals surface area contributed by atoms with Crippen LogP contribution in [0, 0.1) is 5.41 Å². The van der Waals surface area contributed by atoms with Crippen molar-refractivity contribution in [3.05, 3.63) is 24.3 Å². The quantitative estimate of drug-likeness (QED) is 0.838. The molecular formula is C16H27ClN2O2. The summed E-state index contributed by atoms with van der Waals surface area (Å²) in [6, 6.07) is 7.73. The SMILES string of the molecule is COc1ccc(OCCN(C)CC2(C)CCNC2)cc1.Cl. The monoisotopic (exact) mass is 314 g/mol. The van der Waals surface area contributed by atoms with Crippen LogP contribution < -0.4 is 14.8 Å². The summed E-state index contributed by atoms with van der Waals surface area (Å²) in [5.74, 6) is 1.75. The molecule has 120 valence electrons. The third-order valence-corrected chi connectivity index (χ3v) is 3.91. The molecular weight excluding hydrogens is 288 g/mol. The van der Waals surface area contributed by atoms with Crippen LogP contribution in [0.2, 0.25) is 0 Å². The van der Waals surface area contributed by atoms with Gasteiger partial charge in [0.15, 0.2) is 0 Å². The predicted molar refractivity (Wildman–Crippen MR) is 88.8 cm³/mol. The molecule has 0 saturated carbocycles. The van der Waals surface area contributed by atoms with Crippen LogP contribution in [0.5, 0.6) is 11.5 Å². The van der Waals surface area contributed by atoms with Crippen LogP contribution in [0.15, 0.2) is 24.3 Å². The molecule has 21 heavy (non-hydrogen) atoms. The number of hydrogen-bond acceptors (Lipinski definition) is 4. The van der Waals surface area contributed by atoms with E-state index in [1.54, 1.807) is 7.11 Å². The molecule has 1 atom stereocenters. The fraction of sp³-hybridized carbons (Fsp3) is 0.625. The number of benzene rings is 1. The zero-order valence-electron chi connectivity index (χ0n) is 13.2. The number of nitrogens with one attached hydrogen (secondary N) is 1. The fourth-order valence-corrected chi connectivity index (χ4v) is 2.73. The Labute approximate surface area is 134 Å². The van der Waals surface area contributed by atoms with Crippen molar-refractivity contribution < 1.29 is 9.47 Å². The molecule has 1 aliphatic heterocycles. The molecule has 1 fully saturated rings. The van der Waals surface area contributed by atoms with Crippen molar-refractivity contribution in [2.45, 2.75) is 13.3 Å². The van der Waals surface area contributed by atoms with Crippen molar-refractivity contribution in [1.82, 2.24) is 10.2 Å². The van der Waals surface area contributed by atoms with Crippen LogP contribution in [0.25, 0.3) is 0 Å². The second-order valence-electron chi connectivity index (χ2n) is 6.00. The molecule has 1 aliphatic rings. The third-order valence-electron chi connectivity index (χ3n) is 3.91. The maximum Gasteiger partial charge on any atom is 0.119 e. The third kappa shape index (κ3) is 5.73. The number of hydrogen-bond donors (Lipinski definition) is 1. The van der Waals surface area contributed by atoms with Crippen LogP contribution in [-0.2, 0) is 0 Å². The van der Waals surface area contributed by atoms with Gasteiger partial charge in [-0.25, -0.2) is 0 Å². The van der Waals surface area contributed by atoms with Gasteiger partial charge in [0.2, 0.25) is 0 Å². The maximum atomic E-state index is 5.76. The standard InChI is InChI=1S/C16H26N2O2.ClH/c1-16(8-9-17-12-16)13-18(2)10-11-20-15-6-4-14(19-3)5-7-15;/h4-7,17H,8-13H2,1-3H3;1H. The van der Waals surface area contributed by atoms with Crippen molar-refractivity contribution in [3.63, 3.8) is 0 Å². The molecule has 1 aromatic carbocycles. The average Bonchev–Trinajstić information content (AvgIpc) is 2.86. The number of likely N-dealkylation sites (N-methyl/N-ethyl adjacent to an activating group) is 1. The zero-order chi connectivity index (χ0) is 14.4. The van der Waals surface area contributed by atoms with Crippen molar-refractivity contribution in [2.24, 2.45) is 5.41 Å². The van der Waals surface area contributed by atoms with Crippen LogP contribution in [-0.4, -0.2) is 51.8 Å². The summed E-state index contributed by atoms with van der Waals surface area (Å²) in [5, 5.41) is 3.44. The maximum absolute atomic E-state index is 5.76. The van der Waals surface area contributed by atoms with Gasteiger partial charge in [-0.1, -0.05) is 6.92 Å². The first-order chi connectivity index (χ1) is 9.61. The lowest BCUT2D eigenvalue weighted by molar-refractivity contribution is 0.177. The van der Waals surface area contributed by atoms with Gasteiger partial charge in [-0.05, 0) is 49.7 Å². The lowest BCUT2D eigenvalue weighted by Crippen LogP contribution is -2.37. The van der Waals surface area contributed by atoms with Gasteiger partial charge in [-0.15, -0.1) is 12.4 Å². The second-order valence-corrected chi connectivity index (χ2v) is 6.00. The Morgan fingerprint density at radius 2 is 1.90 bits per heavy atom. The molecule has 2 rings (SSSR count). The highest BCUT2D eigenvalue weighted by molar-refractivity contribution is 5.85. The molecule has 1 N–H and O–H groups in total. The number of ether oxygens (including phenoxy) is 2. The highest BCUT2D eigenvalue weighted by Crippen LogP contribution is 2.25. The average molecular weight is 315 g/mol. The van der Waals surface area contributed by atoms with E-state index in [0.717, 1.165) is 37.7 Å². The van der Waals surface area contributed by atoms with E-state index in [1.165, 1.54) is 6.42 Å². The summed E-state index contributed by atoms with van der Waals surface area (Å²) in [7, 11) is 3.84. The molecule has 1 heterocycles. The lowest BCUT2D eigenvalue weighted by atomic mass is 9.89. The Kier molecular flexibility index (Phi) is 7.29. The number of halogens is 1. The van der Waals surface area contributed by atoms with Gasteiger partial charge in [0.05, 0.1) is 7.11 Å². The summed E-state index contributed by atoms with van der Waals surface area (Å²) in [5.41, 5.74) is 0.412. The van der Waals surface area contributed by atoms with E-state index >= 15 is 0 Å². The highest BCUT2D eigenvalue weighted by atomic mass is 35.5. The van der Waals surface area contributed by atoms with Gasteiger partial charge < -0.3 is 19.7 Å².